The van der Waals surface area contributed by atoms with Crippen LogP contribution in [0.15, 0.2) is 18.3 Å². The van der Waals surface area contributed by atoms with Crippen molar-refractivity contribution >= 4 is 45.9 Å². The smallest absolute Gasteiger partial charge is 0.223 e. The second-order valence-electron chi connectivity index (χ2n) is 7.05. The van der Waals surface area contributed by atoms with Crippen LogP contribution in [0.4, 0.5) is 11.8 Å². The summed E-state index contributed by atoms with van der Waals surface area (Å²) in [5.41, 5.74) is 1.79. The average molecular weight is 464 g/mol. The van der Waals surface area contributed by atoms with E-state index < -0.39 is 0 Å². The number of nitrogens with zero attached hydrogens (tertiary/aromatic N) is 3. The molecule has 0 amide bonds. The van der Waals surface area contributed by atoms with Gasteiger partial charge in [0.1, 0.15) is 17.0 Å². The van der Waals surface area contributed by atoms with Crippen molar-refractivity contribution in [2.24, 2.45) is 0 Å². The van der Waals surface area contributed by atoms with Crippen LogP contribution >= 0.6 is 23.2 Å². The van der Waals surface area contributed by atoms with Gasteiger partial charge in [-0.2, -0.15) is 0 Å². The van der Waals surface area contributed by atoms with E-state index in [0.29, 0.717) is 63.3 Å². The molecule has 1 aromatic carbocycles. The first-order valence-corrected chi connectivity index (χ1v) is 10.6. The minimum Gasteiger partial charge on any atom is -0.495 e. The van der Waals surface area contributed by atoms with Gasteiger partial charge in [0.25, 0.3) is 0 Å². The van der Waals surface area contributed by atoms with Crippen LogP contribution in [-0.2, 0) is 4.74 Å². The summed E-state index contributed by atoms with van der Waals surface area (Å²) in [4.78, 5) is 13.8. The fraction of sp³-hybridized carbons (Fsp3) is 0.381. The summed E-state index contributed by atoms with van der Waals surface area (Å²) in [6, 6.07) is 3.73. The molecule has 0 spiro atoms. The Kier molecular flexibility index (Phi) is 6.50. The van der Waals surface area contributed by atoms with Crippen molar-refractivity contribution in [3.05, 3.63) is 28.4 Å². The summed E-state index contributed by atoms with van der Waals surface area (Å²) < 4.78 is 16.3. The van der Waals surface area contributed by atoms with E-state index >= 15 is 0 Å². The molecule has 2 aromatic heterocycles. The molecule has 164 valence electrons. The Bertz CT molecular complexity index is 1080. The molecule has 1 aliphatic rings. The zero-order chi connectivity index (χ0) is 22.0. The minimum atomic E-state index is 0.221. The quantitative estimate of drug-likeness (QED) is 0.545. The third-order valence-electron chi connectivity index (χ3n) is 5.18. The molecule has 2 N–H and O–H groups in total. The Morgan fingerprint density at radius 3 is 2.32 bits per heavy atom. The molecule has 8 nitrogen and oxygen atoms in total. The lowest BCUT2D eigenvalue weighted by molar-refractivity contribution is 0.0904. The number of methoxy groups -OCH3 is 2. The lowest BCUT2D eigenvalue weighted by Gasteiger charge is -2.24. The van der Waals surface area contributed by atoms with Crippen molar-refractivity contribution < 1.29 is 14.2 Å². The van der Waals surface area contributed by atoms with E-state index in [4.69, 9.17) is 42.4 Å². The largest absolute Gasteiger partial charge is 0.495 e. The summed E-state index contributed by atoms with van der Waals surface area (Å²) in [5, 5.41) is 8.00. The van der Waals surface area contributed by atoms with Gasteiger partial charge in [0.05, 0.1) is 30.0 Å². The average Bonchev–Trinajstić information content (AvgIpc) is 2.80. The van der Waals surface area contributed by atoms with Gasteiger partial charge in [0.15, 0.2) is 5.82 Å². The van der Waals surface area contributed by atoms with Crippen LogP contribution in [0.5, 0.6) is 11.5 Å². The Morgan fingerprint density at radius 1 is 1.03 bits per heavy atom. The second kappa shape index (κ2) is 9.30. The molecule has 4 rings (SSSR count). The molecule has 1 fully saturated rings. The maximum atomic E-state index is 6.64. The molecule has 1 saturated heterocycles. The summed E-state index contributed by atoms with van der Waals surface area (Å²) >= 11 is 13.3. The number of benzene rings is 1. The van der Waals surface area contributed by atoms with Gasteiger partial charge >= 0.3 is 0 Å². The highest BCUT2D eigenvalue weighted by atomic mass is 35.5. The molecule has 31 heavy (non-hydrogen) atoms. The maximum absolute atomic E-state index is 6.64. The van der Waals surface area contributed by atoms with E-state index in [2.05, 4.69) is 20.6 Å². The molecule has 3 aromatic rings. The van der Waals surface area contributed by atoms with Crippen molar-refractivity contribution in [3.8, 4) is 22.8 Å². The Hall–Kier alpha value is -2.55. The minimum absolute atomic E-state index is 0.221. The maximum Gasteiger partial charge on any atom is 0.223 e. The molecule has 0 bridgehead atoms. The monoisotopic (exact) mass is 463 g/mol. The van der Waals surface area contributed by atoms with E-state index in [1.54, 1.807) is 19.3 Å². The molecule has 0 atom stereocenters. The topological polar surface area (TPSA) is 90.4 Å². The van der Waals surface area contributed by atoms with E-state index in [0.717, 1.165) is 18.2 Å². The van der Waals surface area contributed by atoms with E-state index in [1.807, 2.05) is 6.07 Å². The molecule has 0 saturated carbocycles. The molecule has 1 aliphatic heterocycles. The molecule has 0 unspecified atom stereocenters. The lowest BCUT2D eigenvalue weighted by atomic mass is 10.1. The van der Waals surface area contributed by atoms with E-state index in [-0.39, 0.29) is 6.04 Å². The van der Waals surface area contributed by atoms with Gasteiger partial charge in [0, 0.05) is 49.5 Å². The number of hydrogen-bond acceptors (Lipinski definition) is 8. The molecular formula is C21H23Cl2N5O3. The van der Waals surface area contributed by atoms with Gasteiger partial charge in [0.2, 0.25) is 5.95 Å². The lowest BCUT2D eigenvalue weighted by Crippen LogP contribution is -2.28. The third-order valence-corrected chi connectivity index (χ3v) is 5.93. The molecule has 3 heterocycles. The number of rotatable bonds is 6. The third kappa shape index (κ3) is 4.28. The first-order chi connectivity index (χ1) is 15.0. The number of fused-ring (bicyclic) bond motifs is 1. The van der Waals surface area contributed by atoms with Crippen LogP contribution in [0.2, 0.25) is 10.0 Å². The van der Waals surface area contributed by atoms with Crippen LogP contribution in [0.1, 0.15) is 12.8 Å². The Balaban J connectivity index is 1.91. The number of ether oxygens (including phenoxy) is 3. The molecule has 0 aliphatic carbocycles. The van der Waals surface area contributed by atoms with Crippen molar-refractivity contribution in [2.75, 3.05) is 45.1 Å². The first kappa shape index (κ1) is 21.7. The number of nitrogens with one attached hydrogen (secondary N) is 2. The summed E-state index contributed by atoms with van der Waals surface area (Å²) in [5.74, 6) is 2.03. The van der Waals surface area contributed by atoms with Crippen LogP contribution in [0.25, 0.3) is 22.2 Å². The second-order valence-corrected chi connectivity index (χ2v) is 7.81. The summed E-state index contributed by atoms with van der Waals surface area (Å²) in [7, 11) is 4.85. The van der Waals surface area contributed by atoms with Crippen molar-refractivity contribution in [2.45, 2.75) is 18.9 Å². The highest BCUT2D eigenvalue weighted by Crippen LogP contribution is 2.46. The highest BCUT2D eigenvalue weighted by Gasteiger charge is 2.23. The van der Waals surface area contributed by atoms with Crippen LogP contribution < -0.4 is 20.1 Å². The van der Waals surface area contributed by atoms with Crippen LogP contribution in [0.3, 0.4) is 0 Å². The van der Waals surface area contributed by atoms with Gasteiger partial charge in [-0.1, -0.05) is 23.2 Å². The van der Waals surface area contributed by atoms with Gasteiger partial charge in [-0.3, -0.25) is 0 Å². The van der Waals surface area contributed by atoms with Gasteiger partial charge in [-0.15, -0.1) is 0 Å². The molecule has 0 radical (unpaired) electrons. The summed E-state index contributed by atoms with van der Waals surface area (Å²) in [6.07, 6.45) is 3.51. The standard InChI is InChI=1S/C21H23Cl2N5O3/c1-24-21-25-10-11-8-13(16-17(22)14(29-2)9-15(30-3)18(16)23)27-20(19(11)28-21)26-12-4-6-31-7-5-12/h8-10,12H,4-7H2,1-3H3,(H,26,27)(H,24,25,28). The van der Waals surface area contributed by atoms with Crippen LogP contribution in [0, 0.1) is 0 Å². The van der Waals surface area contributed by atoms with Gasteiger partial charge in [-0.05, 0) is 18.9 Å². The van der Waals surface area contributed by atoms with Gasteiger partial charge < -0.3 is 24.8 Å². The predicted molar refractivity (Wildman–Crippen MR) is 123 cm³/mol. The first-order valence-electron chi connectivity index (χ1n) is 9.85. The SMILES string of the molecule is CNc1ncc2cc(-c3c(Cl)c(OC)cc(OC)c3Cl)nc(NC3CCOCC3)c2n1. The zero-order valence-corrected chi connectivity index (χ0v) is 19.0. The Morgan fingerprint density at radius 2 is 1.71 bits per heavy atom. The van der Waals surface area contributed by atoms with Crippen LogP contribution in [-0.4, -0.2) is 55.5 Å². The summed E-state index contributed by atoms with van der Waals surface area (Å²) in [6.45, 7) is 1.41. The van der Waals surface area contributed by atoms with Gasteiger partial charge in [-0.25, -0.2) is 15.0 Å². The highest BCUT2D eigenvalue weighted by molar-refractivity contribution is 6.41. The predicted octanol–water partition coefficient (Wildman–Crippen LogP) is 4.65. The van der Waals surface area contributed by atoms with Crippen molar-refractivity contribution in [3.63, 3.8) is 0 Å². The van der Waals surface area contributed by atoms with Crippen molar-refractivity contribution in [1.82, 2.24) is 15.0 Å². The van der Waals surface area contributed by atoms with E-state index in [9.17, 15) is 0 Å². The number of pyridine rings is 1. The normalized spacial score (nSPS) is 14.5. The fourth-order valence-corrected chi connectivity index (χ4v) is 4.23. The Labute approximate surface area is 190 Å². The molecule has 10 heteroatoms. The number of aromatic nitrogens is 3. The van der Waals surface area contributed by atoms with Crippen molar-refractivity contribution in [1.29, 1.82) is 0 Å². The number of hydrogen-bond donors (Lipinski definition) is 2. The fourth-order valence-electron chi connectivity index (χ4n) is 3.53. The number of anilines is 2. The van der Waals surface area contributed by atoms with E-state index in [1.165, 1.54) is 14.2 Å². The molecular weight excluding hydrogens is 441 g/mol. The zero-order valence-electron chi connectivity index (χ0n) is 17.5. The number of halogens is 2.